The average molecular weight is 612 g/mol. The summed E-state index contributed by atoms with van der Waals surface area (Å²) in [6, 6.07) is 19.3. The molecule has 1 fully saturated rings. The molecule has 0 aliphatic heterocycles. The predicted molar refractivity (Wildman–Crippen MR) is 165 cm³/mol. The molecule has 1 N–H and O–H groups in total. The number of benzene rings is 3. The van der Waals surface area contributed by atoms with E-state index in [0.717, 1.165) is 47.5 Å². The third-order valence-electron chi connectivity index (χ3n) is 7.60. The molecule has 0 radical (unpaired) electrons. The van der Waals surface area contributed by atoms with Crippen LogP contribution in [0.15, 0.2) is 77.7 Å². The SMILES string of the molecule is COc1ccc(C)cc1N(CC(=O)N(Cc1ccc(Cl)cc1)[C@@H](C)C(=O)NC1CCCCC1)S(=O)(=O)c1ccccc1. The molecular formula is C32H38ClN3O5S. The number of halogens is 1. The van der Waals surface area contributed by atoms with Crippen LogP contribution in [0.4, 0.5) is 5.69 Å². The molecule has 1 aliphatic rings. The van der Waals surface area contributed by atoms with Crippen LogP contribution < -0.4 is 14.4 Å². The Balaban J connectivity index is 1.71. The summed E-state index contributed by atoms with van der Waals surface area (Å²) < 4.78 is 34.7. The van der Waals surface area contributed by atoms with E-state index in [0.29, 0.717) is 10.8 Å². The number of rotatable bonds is 11. The molecule has 2 amide bonds. The van der Waals surface area contributed by atoms with Crippen LogP contribution in [-0.2, 0) is 26.2 Å². The molecule has 1 aliphatic carbocycles. The summed E-state index contributed by atoms with van der Waals surface area (Å²) in [5, 5.41) is 3.66. The molecule has 42 heavy (non-hydrogen) atoms. The molecule has 0 heterocycles. The Hall–Kier alpha value is -3.56. The van der Waals surface area contributed by atoms with Crippen molar-refractivity contribution in [3.05, 3.63) is 88.9 Å². The molecule has 0 aromatic heterocycles. The van der Waals surface area contributed by atoms with Crippen LogP contribution in [0.25, 0.3) is 0 Å². The first-order chi connectivity index (χ1) is 20.1. The molecule has 0 unspecified atom stereocenters. The van der Waals surface area contributed by atoms with Crippen molar-refractivity contribution in [1.82, 2.24) is 10.2 Å². The fraction of sp³-hybridized carbons (Fsp3) is 0.375. The molecule has 0 saturated heterocycles. The lowest BCUT2D eigenvalue weighted by atomic mass is 9.95. The second-order valence-electron chi connectivity index (χ2n) is 10.7. The van der Waals surface area contributed by atoms with Crippen molar-refractivity contribution in [1.29, 1.82) is 0 Å². The number of aryl methyl sites for hydroxylation is 1. The van der Waals surface area contributed by atoms with Gasteiger partial charge in [-0.05, 0) is 74.2 Å². The number of ether oxygens (including phenoxy) is 1. The van der Waals surface area contributed by atoms with Gasteiger partial charge in [-0.3, -0.25) is 13.9 Å². The maximum atomic E-state index is 14.2. The zero-order valence-electron chi connectivity index (χ0n) is 24.3. The van der Waals surface area contributed by atoms with Crippen LogP contribution in [-0.4, -0.2) is 50.9 Å². The van der Waals surface area contributed by atoms with Crippen molar-refractivity contribution in [3.8, 4) is 5.75 Å². The predicted octanol–water partition coefficient (Wildman–Crippen LogP) is 5.72. The number of carbonyl (C=O) groups excluding carboxylic acids is 2. The second-order valence-corrected chi connectivity index (χ2v) is 13.0. The lowest BCUT2D eigenvalue weighted by Crippen LogP contribution is -2.53. The highest BCUT2D eigenvalue weighted by Crippen LogP contribution is 2.33. The number of anilines is 1. The molecule has 4 rings (SSSR count). The number of nitrogens with zero attached hydrogens (tertiary/aromatic N) is 2. The van der Waals surface area contributed by atoms with Gasteiger partial charge in [-0.1, -0.05) is 67.3 Å². The normalized spacial score (nSPS) is 14.6. The van der Waals surface area contributed by atoms with Gasteiger partial charge in [0, 0.05) is 17.6 Å². The molecule has 1 atom stereocenters. The van der Waals surface area contributed by atoms with Gasteiger partial charge in [0.1, 0.15) is 18.3 Å². The Kier molecular flexibility index (Phi) is 10.5. The van der Waals surface area contributed by atoms with Gasteiger partial charge < -0.3 is 15.0 Å². The van der Waals surface area contributed by atoms with Crippen molar-refractivity contribution in [2.45, 2.75) is 69.5 Å². The van der Waals surface area contributed by atoms with Gasteiger partial charge in [-0.25, -0.2) is 8.42 Å². The summed E-state index contributed by atoms with van der Waals surface area (Å²) in [7, 11) is -2.74. The van der Waals surface area contributed by atoms with Gasteiger partial charge in [0.2, 0.25) is 11.8 Å². The summed E-state index contributed by atoms with van der Waals surface area (Å²) in [5.41, 5.74) is 1.79. The summed E-state index contributed by atoms with van der Waals surface area (Å²) >= 11 is 6.09. The van der Waals surface area contributed by atoms with Crippen molar-refractivity contribution >= 4 is 39.1 Å². The van der Waals surface area contributed by atoms with Crippen LogP contribution in [0.3, 0.4) is 0 Å². The summed E-state index contributed by atoms with van der Waals surface area (Å²) in [4.78, 5) is 29.1. The molecule has 1 saturated carbocycles. The smallest absolute Gasteiger partial charge is 0.264 e. The Labute approximate surface area is 253 Å². The minimum Gasteiger partial charge on any atom is -0.495 e. The Morgan fingerprint density at radius 1 is 1.00 bits per heavy atom. The number of methoxy groups -OCH3 is 1. The average Bonchev–Trinajstić information content (AvgIpc) is 3.00. The topological polar surface area (TPSA) is 96.0 Å². The van der Waals surface area contributed by atoms with Gasteiger partial charge in [0.05, 0.1) is 17.7 Å². The number of carbonyl (C=O) groups is 2. The quantitative estimate of drug-likeness (QED) is 0.299. The van der Waals surface area contributed by atoms with Crippen molar-refractivity contribution in [3.63, 3.8) is 0 Å². The fourth-order valence-electron chi connectivity index (χ4n) is 5.17. The number of nitrogens with one attached hydrogen (secondary N) is 1. The van der Waals surface area contributed by atoms with Gasteiger partial charge in [-0.2, -0.15) is 0 Å². The van der Waals surface area contributed by atoms with E-state index < -0.39 is 28.5 Å². The highest BCUT2D eigenvalue weighted by atomic mass is 35.5. The van der Waals surface area contributed by atoms with Crippen molar-refractivity contribution in [2.24, 2.45) is 0 Å². The Bertz CT molecular complexity index is 1480. The zero-order valence-corrected chi connectivity index (χ0v) is 25.8. The third-order valence-corrected chi connectivity index (χ3v) is 9.62. The molecule has 0 spiro atoms. The minimum atomic E-state index is -4.19. The van der Waals surface area contributed by atoms with Crippen molar-refractivity contribution < 1.29 is 22.7 Å². The summed E-state index contributed by atoms with van der Waals surface area (Å²) in [5.74, 6) is -0.491. The summed E-state index contributed by atoms with van der Waals surface area (Å²) in [6.07, 6.45) is 5.06. The number of amides is 2. The highest BCUT2D eigenvalue weighted by Gasteiger charge is 2.34. The maximum Gasteiger partial charge on any atom is 0.264 e. The van der Waals surface area contributed by atoms with Crippen LogP contribution in [0.5, 0.6) is 5.75 Å². The zero-order chi connectivity index (χ0) is 30.3. The van der Waals surface area contributed by atoms with Gasteiger partial charge in [0.15, 0.2) is 0 Å². The first-order valence-electron chi connectivity index (χ1n) is 14.2. The molecular weight excluding hydrogens is 574 g/mol. The van der Waals surface area contributed by atoms with E-state index in [4.69, 9.17) is 16.3 Å². The van der Waals surface area contributed by atoms with Crippen LogP contribution in [0.1, 0.15) is 50.2 Å². The Morgan fingerprint density at radius 3 is 2.31 bits per heavy atom. The van der Waals surface area contributed by atoms with E-state index in [1.54, 1.807) is 61.5 Å². The molecule has 8 nitrogen and oxygen atoms in total. The number of sulfonamides is 1. The highest BCUT2D eigenvalue weighted by molar-refractivity contribution is 7.92. The van der Waals surface area contributed by atoms with Gasteiger partial charge >= 0.3 is 0 Å². The van der Waals surface area contributed by atoms with Crippen LogP contribution in [0.2, 0.25) is 5.02 Å². The van der Waals surface area contributed by atoms with Crippen LogP contribution in [0, 0.1) is 6.92 Å². The monoisotopic (exact) mass is 611 g/mol. The van der Waals surface area contributed by atoms with Gasteiger partial charge in [0.25, 0.3) is 10.0 Å². The fourth-order valence-corrected chi connectivity index (χ4v) is 6.73. The van der Waals surface area contributed by atoms with E-state index in [2.05, 4.69) is 5.32 Å². The number of hydrogen-bond acceptors (Lipinski definition) is 5. The lowest BCUT2D eigenvalue weighted by molar-refractivity contribution is -0.139. The second kappa shape index (κ2) is 14.1. The molecule has 0 bridgehead atoms. The van der Waals surface area contributed by atoms with Gasteiger partial charge in [-0.15, -0.1) is 0 Å². The molecule has 10 heteroatoms. The minimum absolute atomic E-state index is 0.0358. The molecule has 3 aromatic rings. The summed E-state index contributed by atoms with van der Waals surface area (Å²) in [6.45, 7) is 3.07. The maximum absolute atomic E-state index is 14.2. The van der Waals surface area contributed by atoms with E-state index in [1.807, 2.05) is 13.0 Å². The Morgan fingerprint density at radius 2 is 1.67 bits per heavy atom. The van der Waals surface area contributed by atoms with Crippen LogP contribution >= 0.6 is 11.6 Å². The number of hydrogen-bond donors (Lipinski definition) is 1. The standard InChI is InChI=1S/C32H38ClN3O5S/c1-23-14-19-30(41-3)29(20-23)36(42(39,40)28-12-8-5-9-13-28)22-31(37)35(21-25-15-17-26(33)18-16-25)24(2)32(38)34-27-10-6-4-7-11-27/h5,8-9,12-20,24,27H,4,6-7,10-11,21-22H2,1-3H3,(H,34,38)/t24-/m0/s1. The van der Waals surface area contributed by atoms with E-state index in [9.17, 15) is 18.0 Å². The van der Waals surface area contributed by atoms with Crippen molar-refractivity contribution in [2.75, 3.05) is 18.0 Å². The first-order valence-corrected chi connectivity index (χ1v) is 16.0. The molecule has 3 aromatic carbocycles. The van der Waals surface area contributed by atoms with E-state index >= 15 is 0 Å². The van der Waals surface area contributed by atoms with E-state index in [-0.39, 0.29) is 29.1 Å². The third kappa shape index (κ3) is 7.63. The first kappa shape index (κ1) is 31.4. The van der Waals surface area contributed by atoms with E-state index in [1.165, 1.54) is 24.1 Å². The lowest BCUT2D eigenvalue weighted by Gasteiger charge is -2.33. The molecule has 224 valence electrons. The largest absolute Gasteiger partial charge is 0.495 e.